The molecule has 8 heteroatoms. The number of ether oxygens (including phenoxy) is 1. The summed E-state index contributed by atoms with van der Waals surface area (Å²) < 4.78 is 7.43. The number of fused-ring (bicyclic) bond motifs is 1. The number of anilines is 3. The van der Waals surface area contributed by atoms with Gasteiger partial charge >= 0.3 is 0 Å². The van der Waals surface area contributed by atoms with Crippen LogP contribution in [0.25, 0.3) is 11.0 Å². The molecule has 4 rings (SSSR count). The second-order valence-electron chi connectivity index (χ2n) is 7.43. The Morgan fingerprint density at radius 3 is 2.63 bits per heavy atom. The van der Waals surface area contributed by atoms with E-state index in [0.29, 0.717) is 18.3 Å². The second kappa shape index (κ2) is 6.70. The Morgan fingerprint density at radius 2 is 1.96 bits per heavy atom. The lowest BCUT2D eigenvalue weighted by Crippen LogP contribution is -2.31. The fourth-order valence-corrected chi connectivity index (χ4v) is 2.81. The minimum absolute atomic E-state index is 0.120. The molecule has 1 aliphatic carbocycles. The van der Waals surface area contributed by atoms with Gasteiger partial charge in [0, 0.05) is 24.8 Å². The summed E-state index contributed by atoms with van der Waals surface area (Å²) in [7, 11) is 1.87. The zero-order valence-electron chi connectivity index (χ0n) is 15.9. The summed E-state index contributed by atoms with van der Waals surface area (Å²) in [5.74, 6) is 2.09. The molecular weight excluding hydrogens is 342 g/mol. The molecule has 1 saturated carbocycles. The smallest absolute Gasteiger partial charge is 0.226 e. The van der Waals surface area contributed by atoms with Crippen molar-refractivity contribution in [3.63, 3.8) is 0 Å². The fraction of sp³-hybridized carbons (Fsp3) is 0.421. The number of nitrogens with two attached hydrogens (primary N) is 1. The van der Waals surface area contributed by atoms with E-state index in [1.807, 2.05) is 45.2 Å². The lowest BCUT2D eigenvalue weighted by molar-refractivity contribution is 0.242. The molecule has 1 aliphatic rings. The van der Waals surface area contributed by atoms with Crippen molar-refractivity contribution in [3.8, 4) is 5.75 Å². The van der Waals surface area contributed by atoms with Crippen molar-refractivity contribution in [2.45, 2.75) is 38.3 Å². The van der Waals surface area contributed by atoms with Crippen LogP contribution >= 0.6 is 0 Å². The van der Waals surface area contributed by atoms with Crippen molar-refractivity contribution in [2.75, 3.05) is 17.2 Å². The number of aromatic nitrogens is 4. The molecule has 0 saturated heterocycles. The van der Waals surface area contributed by atoms with E-state index in [9.17, 15) is 0 Å². The van der Waals surface area contributed by atoms with Crippen LogP contribution in [-0.2, 0) is 7.05 Å². The molecule has 0 spiro atoms. The molecule has 0 atom stereocenters. The Kier molecular flexibility index (Phi) is 4.35. The van der Waals surface area contributed by atoms with Crippen molar-refractivity contribution in [3.05, 3.63) is 30.5 Å². The number of aryl methyl sites for hydroxylation is 1. The molecular formula is C19H25N7O. The third-order valence-corrected chi connectivity index (χ3v) is 4.57. The zero-order chi connectivity index (χ0) is 19.0. The molecule has 2 heterocycles. The van der Waals surface area contributed by atoms with E-state index in [1.54, 1.807) is 10.9 Å². The zero-order valence-corrected chi connectivity index (χ0v) is 15.9. The predicted molar refractivity (Wildman–Crippen MR) is 106 cm³/mol. The Labute approximate surface area is 158 Å². The van der Waals surface area contributed by atoms with E-state index in [4.69, 9.17) is 10.5 Å². The summed E-state index contributed by atoms with van der Waals surface area (Å²) in [6.45, 7) is 4.68. The van der Waals surface area contributed by atoms with Crippen LogP contribution in [0.15, 0.2) is 30.5 Å². The molecule has 0 unspecified atom stereocenters. The van der Waals surface area contributed by atoms with Gasteiger partial charge in [-0.2, -0.15) is 15.1 Å². The molecule has 1 aromatic carbocycles. The van der Waals surface area contributed by atoms with Gasteiger partial charge in [0.2, 0.25) is 5.95 Å². The van der Waals surface area contributed by atoms with E-state index in [0.717, 1.165) is 35.3 Å². The van der Waals surface area contributed by atoms with Crippen LogP contribution in [-0.4, -0.2) is 37.9 Å². The Hall–Kier alpha value is -2.87. The monoisotopic (exact) mass is 367 g/mol. The maximum Gasteiger partial charge on any atom is 0.226 e. The Bertz CT molecular complexity index is 945. The number of hydrogen-bond donors (Lipinski definition) is 3. The van der Waals surface area contributed by atoms with Gasteiger partial charge in [0.05, 0.1) is 17.7 Å². The maximum atomic E-state index is 6.16. The van der Waals surface area contributed by atoms with E-state index >= 15 is 0 Å². The van der Waals surface area contributed by atoms with Crippen molar-refractivity contribution < 1.29 is 4.74 Å². The van der Waals surface area contributed by atoms with Crippen LogP contribution in [0.3, 0.4) is 0 Å². The maximum absolute atomic E-state index is 6.16. The van der Waals surface area contributed by atoms with Gasteiger partial charge in [0.15, 0.2) is 5.65 Å². The van der Waals surface area contributed by atoms with Gasteiger partial charge in [0.1, 0.15) is 11.6 Å². The van der Waals surface area contributed by atoms with Crippen LogP contribution in [0.2, 0.25) is 0 Å². The van der Waals surface area contributed by atoms with E-state index in [-0.39, 0.29) is 11.6 Å². The van der Waals surface area contributed by atoms with E-state index in [1.165, 1.54) is 0 Å². The SMILES string of the molecule is CC(C)Oc1ccc(Nc2nc(NCC3(N)CC3)nc3c2cnn3C)cc1. The third-order valence-electron chi connectivity index (χ3n) is 4.57. The fourth-order valence-electron chi connectivity index (χ4n) is 2.81. The van der Waals surface area contributed by atoms with Crippen molar-refractivity contribution >= 4 is 28.5 Å². The van der Waals surface area contributed by atoms with Crippen LogP contribution in [0.1, 0.15) is 26.7 Å². The van der Waals surface area contributed by atoms with Gasteiger partial charge in [-0.15, -0.1) is 0 Å². The lowest BCUT2D eigenvalue weighted by atomic mass is 10.3. The van der Waals surface area contributed by atoms with Crippen molar-refractivity contribution in [1.82, 2.24) is 19.7 Å². The van der Waals surface area contributed by atoms with Crippen LogP contribution in [0.5, 0.6) is 5.75 Å². The molecule has 0 bridgehead atoms. The highest BCUT2D eigenvalue weighted by atomic mass is 16.5. The average molecular weight is 367 g/mol. The predicted octanol–water partition coefficient (Wildman–Crippen LogP) is 2.80. The molecule has 8 nitrogen and oxygen atoms in total. The molecule has 2 aromatic heterocycles. The first-order valence-electron chi connectivity index (χ1n) is 9.18. The molecule has 0 radical (unpaired) electrons. The summed E-state index contributed by atoms with van der Waals surface area (Å²) in [6.07, 6.45) is 3.98. The summed E-state index contributed by atoms with van der Waals surface area (Å²) in [5, 5.41) is 11.8. The quantitative estimate of drug-likeness (QED) is 0.590. The molecule has 3 aromatic rings. The highest BCUT2D eigenvalue weighted by Gasteiger charge is 2.38. The minimum Gasteiger partial charge on any atom is -0.491 e. The van der Waals surface area contributed by atoms with Crippen molar-refractivity contribution in [1.29, 1.82) is 0 Å². The first-order chi connectivity index (χ1) is 12.9. The summed E-state index contributed by atoms with van der Waals surface area (Å²) in [4.78, 5) is 9.22. The van der Waals surface area contributed by atoms with Crippen LogP contribution < -0.4 is 21.1 Å². The topological polar surface area (TPSA) is 103 Å². The standard InChI is InChI=1S/C19H25N7O/c1-12(2)27-14-6-4-13(5-7-14)23-16-15-10-22-26(3)17(15)25-18(24-16)21-11-19(20)8-9-19/h4-7,10,12H,8-9,11,20H2,1-3H3,(H2,21,23,24,25). The summed E-state index contributed by atoms with van der Waals surface area (Å²) >= 11 is 0. The molecule has 142 valence electrons. The van der Waals surface area contributed by atoms with Crippen LogP contribution in [0.4, 0.5) is 17.5 Å². The molecule has 27 heavy (non-hydrogen) atoms. The molecule has 0 amide bonds. The number of benzene rings is 1. The van der Waals surface area contributed by atoms with E-state index in [2.05, 4.69) is 25.7 Å². The van der Waals surface area contributed by atoms with Crippen LogP contribution in [0, 0.1) is 0 Å². The van der Waals surface area contributed by atoms with Gasteiger partial charge in [-0.25, -0.2) is 0 Å². The van der Waals surface area contributed by atoms with Gasteiger partial charge < -0.3 is 21.1 Å². The third kappa shape index (κ3) is 3.95. The number of rotatable bonds is 7. The van der Waals surface area contributed by atoms with Gasteiger partial charge in [-0.1, -0.05) is 0 Å². The Balaban J connectivity index is 1.59. The molecule has 1 fully saturated rings. The highest BCUT2D eigenvalue weighted by molar-refractivity contribution is 5.89. The molecule has 4 N–H and O–H groups in total. The van der Waals surface area contributed by atoms with Gasteiger partial charge in [0.25, 0.3) is 0 Å². The van der Waals surface area contributed by atoms with Crippen molar-refractivity contribution in [2.24, 2.45) is 12.8 Å². The first-order valence-corrected chi connectivity index (χ1v) is 9.18. The Morgan fingerprint density at radius 1 is 1.22 bits per heavy atom. The second-order valence-corrected chi connectivity index (χ2v) is 7.43. The molecule has 0 aliphatic heterocycles. The summed E-state index contributed by atoms with van der Waals surface area (Å²) in [5.41, 5.74) is 7.72. The number of nitrogens with one attached hydrogen (secondary N) is 2. The largest absolute Gasteiger partial charge is 0.491 e. The van der Waals surface area contributed by atoms with E-state index < -0.39 is 0 Å². The van der Waals surface area contributed by atoms with Gasteiger partial charge in [-0.05, 0) is 51.0 Å². The normalized spacial score (nSPS) is 15.1. The number of hydrogen-bond acceptors (Lipinski definition) is 7. The summed E-state index contributed by atoms with van der Waals surface area (Å²) in [6, 6.07) is 7.81. The lowest BCUT2D eigenvalue weighted by Gasteiger charge is -2.13. The van der Waals surface area contributed by atoms with Gasteiger partial charge in [-0.3, -0.25) is 4.68 Å². The number of nitrogens with zero attached hydrogens (tertiary/aromatic N) is 4. The first kappa shape index (κ1) is 17.5. The minimum atomic E-state index is -0.120. The average Bonchev–Trinajstić information content (AvgIpc) is 3.26. The highest BCUT2D eigenvalue weighted by Crippen LogP contribution is 2.32.